The first-order chi connectivity index (χ1) is 9.13. The van der Waals surface area contributed by atoms with Crippen molar-refractivity contribution >= 4 is 11.8 Å². The van der Waals surface area contributed by atoms with E-state index in [1.54, 1.807) is 0 Å². The molecule has 110 valence electrons. The van der Waals surface area contributed by atoms with Gasteiger partial charge in [0, 0.05) is 35.7 Å². The van der Waals surface area contributed by atoms with E-state index < -0.39 is 0 Å². The van der Waals surface area contributed by atoms with Crippen molar-refractivity contribution < 1.29 is 0 Å². The highest BCUT2D eigenvalue weighted by Crippen LogP contribution is 2.48. The normalized spacial score (nSPS) is 45.3. The van der Waals surface area contributed by atoms with Crippen molar-refractivity contribution in [2.75, 3.05) is 19.6 Å². The Hall–Kier alpha value is 0.270. The summed E-state index contributed by atoms with van der Waals surface area (Å²) < 4.78 is 0. The lowest BCUT2D eigenvalue weighted by Crippen LogP contribution is -2.60. The predicted octanol–water partition coefficient (Wildman–Crippen LogP) is 3.11. The van der Waals surface area contributed by atoms with Gasteiger partial charge in [-0.2, -0.15) is 11.8 Å². The Morgan fingerprint density at radius 3 is 2.37 bits per heavy atom. The standard InChI is InChI=1S/C16H30N2S/c1-12-9-18(10-13(2)19-12)16(11-17)7-3-4-15(8-16)14-5-6-14/h12-15H,3-11,17H2,1-2H3. The Balaban J connectivity index is 1.73. The van der Waals surface area contributed by atoms with Crippen LogP contribution in [0.3, 0.4) is 0 Å². The second-order valence-electron chi connectivity index (χ2n) is 7.28. The lowest BCUT2D eigenvalue weighted by atomic mass is 9.72. The third-order valence-electron chi connectivity index (χ3n) is 5.62. The molecule has 2 nitrogen and oxygen atoms in total. The van der Waals surface area contributed by atoms with Gasteiger partial charge in [-0.1, -0.05) is 26.7 Å². The van der Waals surface area contributed by atoms with E-state index in [4.69, 9.17) is 5.73 Å². The first-order valence-corrected chi connectivity index (χ1v) is 9.18. The second kappa shape index (κ2) is 5.57. The van der Waals surface area contributed by atoms with Crippen LogP contribution in [-0.2, 0) is 0 Å². The number of thioether (sulfide) groups is 1. The third-order valence-corrected chi connectivity index (χ3v) is 6.85. The third kappa shape index (κ3) is 2.98. The van der Waals surface area contributed by atoms with Crippen LogP contribution in [0.25, 0.3) is 0 Å². The molecule has 3 rings (SSSR count). The van der Waals surface area contributed by atoms with Crippen molar-refractivity contribution in [3.63, 3.8) is 0 Å². The maximum absolute atomic E-state index is 6.29. The fraction of sp³-hybridized carbons (Fsp3) is 1.00. The number of hydrogen-bond donors (Lipinski definition) is 1. The van der Waals surface area contributed by atoms with Crippen molar-refractivity contribution in [3.8, 4) is 0 Å². The van der Waals surface area contributed by atoms with Crippen molar-refractivity contribution in [1.29, 1.82) is 0 Å². The summed E-state index contributed by atoms with van der Waals surface area (Å²) in [5.74, 6) is 2.04. The topological polar surface area (TPSA) is 29.3 Å². The summed E-state index contributed by atoms with van der Waals surface area (Å²) in [6.45, 7) is 8.16. The molecule has 0 bridgehead atoms. The maximum Gasteiger partial charge on any atom is 0.0335 e. The van der Waals surface area contributed by atoms with Crippen molar-refractivity contribution in [3.05, 3.63) is 0 Å². The number of nitrogens with two attached hydrogens (primary N) is 1. The van der Waals surface area contributed by atoms with Crippen molar-refractivity contribution in [2.24, 2.45) is 17.6 Å². The van der Waals surface area contributed by atoms with Gasteiger partial charge in [0.1, 0.15) is 0 Å². The molecule has 4 atom stereocenters. The van der Waals surface area contributed by atoms with Crippen LogP contribution in [0, 0.1) is 11.8 Å². The van der Waals surface area contributed by atoms with E-state index in [0.717, 1.165) is 28.9 Å². The van der Waals surface area contributed by atoms with Crippen LogP contribution in [0.1, 0.15) is 52.4 Å². The average molecular weight is 282 g/mol. The summed E-state index contributed by atoms with van der Waals surface area (Å²) in [7, 11) is 0. The molecule has 0 aromatic heterocycles. The van der Waals surface area contributed by atoms with Gasteiger partial charge in [-0.25, -0.2) is 0 Å². The molecule has 19 heavy (non-hydrogen) atoms. The minimum absolute atomic E-state index is 0.342. The van der Waals surface area contributed by atoms with Gasteiger partial charge >= 0.3 is 0 Å². The second-order valence-corrected chi connectivity index (χ2v) is 9.17. The molecule has 0 spiro atoms. The quantitative estimate of drug-likeness (QED) is 0.862. The fourth-order valence-electron chi connectivity index (χ4n) is 4.52. The van der Waals surface area contributed by atoms with E-state index in [1.807, 2.05) is 0 Å². The van der Waals surface area contributed by atoms with E-state index in [0.29, 0.717) is 5.54 Å². The molecular weight excluding hydrogens is 252 g/mol. The van der Waals surface area contributed by atoms with Crippen LogP contribution < -0.4 is 5.73 Å². The van der Waals surface area contributed by atoms with Crippen LogP contribution in [0.5, 0.6) is 0 Å². The fourth-order valence-corrected chi connectivity index (χ4v) is 5.85. The molecule has 2 aliphatic carbocycles. The Labute approximate surface area is 122 Å². The molecule has 2 saturated carbocycles. The zero-order valence-corrected chi connectivity index (χ0v) is 13.4. The summed E-state index contributed by atoms with van der Waals surface area (Å²) in [5.41, 5.74) is 6.64. The first-order valence-electron chi connectivity index (χ1n) is 8.23. The monoisotopic (exact) mass is 282 g/mol. The van der Waals surface area contributed by atoms with Crippen molar-refractivity contribution in [1.82, 2.24) is 4.90 Å². The molecule has 1 saturated heterocycles. The molecule has 0 radical (unpaired) electrons. The highest BCUT2D eigenvalue weighted by Gasteiger charge is 2.45. The number of hydrogen-bond acceptors (Lipinski definition) is 3. The van der Waals surface area contributed by atoms with Crippen LogP contribution in [0.2, 0.25) is 0 Å². The average Bonchev–Trinajstić information content (AvgIpc) is 3.22. The molecular formula is C16H30N2S. The van der Waals surface area contributed by atoms with Gasteiger partial charge < -0.3 is 5.73 Å². The summed E-state index contributed by atoms with van der Waals surface area (Å²) in [4.78, 5) is 2.79. The molecule has 3 heteroatoms. The molecule has 2 N–H and O–H groups in total. The Morgan fingerprint density at radius 2 is 1.79 bits per heavy atom. The van der Waals surface area contributed by atoms with Crippen molar-refractivity contribution in [2.45, 2.75) is 68.4 Å². The number of rotatable bonds is 3. The van der Waals surface area contributed by atoms with E-state index >= 15 is 0 Å². The lowest BCUT2D eigenvalue weighted by molar-refractivity contribution is 0.0297. The Morgan fingerprint density at radius 1 is 1.11 bits per heavy atom. The Bertz CT molecular complexity index is 308. The minimum Gasteiger partial charge on any atom is -0.329 e. The van der Waals surface area contributed by atoms with Crippen LogP contribution in [0.4, 0.5) is 0 Å². The molecule has 3 fully saturated rings. The zero-order valence-electron chi connectivity index (χ0n) is 12.6. The molecule has 0 aromatic rings. The van der Waals surface area contributed by atoms with Gasteiger partial charge in [-0.15, -0.1) is 0 Å². The lowest BCUT2D eigenvalue weighted by Gasteiger charge is -2.52. The SMILES string of the molecule is CC1CN(C2(CN)CCCC(C3CC3)C2)CC(C)S1. The largest absolute Gasteiger partial charge is 0.329 e. The number of nitrogens with zero attached hydrogens (tertiary/aromatic N) is 1. The summed E-state index contributed by atoms with van der Waals surface area (Å²) in [6, 6.07) is 0. The molecule has 1 heterocycles. The molecule has 4 unspecified atom stereocenters. The van der Waals surface area contributed by atoms with Gasteiger partial charge in [0.15, 0.2) is 0 Å². The van der Waals surface area contributed by atoms with E-state index in [-0.39, 0.29) is 0 Å². The van der Waals surface area contributed by atoms with Crippen LogP contribution in [0.15, 0.2) is 0 Å². The van der Waals surface area contributed by atoms with E-state index in [2.05, 4.69) is 30.5 Å². The van der Waals surface area contributed by atoms with Crippen LogP contribution in [-0.4, -0.2) is 40.6 Å². The zero-order chi connectivity index (χ0) is 13.5. The van der Waals surface area contributed by atoms with Crippen LogP contribution >= 0.6 is 11.8 Å². The molecule has 0 amide bonds. The summed E-state index contributed by atoms with van der Waals surface area (Å²) in [6.07, 6.45) is 8.60. The molecule has 1 aliphatic heterocycles. The molecule has 3 aliphatic rings. The first kappa shape index (κ1) is 14.2. The summed E-state index contributed by atoms with van der Waals surface area (Å²) in [5, 5.41) is 1.54. The van der Waals surface area contributed by atoms with Gasteiger partial charge in [0.2, 0.25) is 0 Å². The highest BCUT2D eigenvalue weighted by atomic mass is 32.2. The van der Waals surface area contributed by atoms with Gasteiger partial charge in [-0.3, -0.25) is 4.90 Å². The molecule has 0 aromatic carbocycles. The van der Waals surface area contributed by atoms with Gasteiger partial charge in [0.05, 0.1) is 0 Å². The minimum atomic E-state index is 0.342. The van der Waals surface area contributed by atoms with Gasteiger partial charge in [-0.05, 0) is 37.5 Å². The highest BCUT2D eigenvalue weighted by molar-refractivity contribution is 8.00. The predicted molar refractivity (Wildman–Crippen MR) is 84.6 cm³/mol. The maximum atomic E-state index is 6.29. The summed E-state index contributed by atoms with van der Waals surface area (Å²) >= 11 is 2.16. The smallest absolute Gasteiger partial charge is 0.0335 e. The van der Waals surface area contributed by atoms with E-state index in [9.17, 15) is 0 Å². The van der Waals surface area contributed by atoms with E-state index in [1.165, 1.54) is 51.6 Å². The Kier molecular flexibility index (Phi) is 4.17. The van der Waals surface area contributed by atoms with Gasteiger partial charge in [0.25, 0.3) is 0 Å².